The summed E-state index contributed by atoms with van der Waals surface area (Å²) < 4.78 is 0. The zero-order valence-corrected chi connectivity index (χ0v) is 17.1. The van der Waals surface area contributed by atoms with E-state index < -0.39 is 17.3 Å². The third-order valence-corrected chi connectivity index (χ3v) is 5.25. The summed E-state index contributed by atoms with van der Waals surface area (Å²) in [6.07, 6.45) is 5.25. The largest absolute Gasteiger partial charge is 0.481 e. The highest BCUT2D eigenvalue weighted by Gasteiger charge is 2.30. The quantitative estimate of drug-likeness (QED) is 0.719. The molecular formula is C22H32N2O4. The molecule has 0 radical (unpaired) electrons. The molecule has 6 heteroatoms. The van der Waals surface area contributed by atoms with E-state index in [4.69, 9.17) is 0 Å². The normalized spacial score (nSPS) is 20.5. The Hall–Kier alpha value is -2.37. The molecule has 2 amide bonds. The molecule has 1 saturated carbocycles. The first-order valence-corrected chi connectivity index (χ1v) is 10.1. The molecule has 6 nitrogen and oxygen atoms in total. The average molecular weight is 389 g/mol. The minimum absolute atomic E-state index is 0.0293. The lowest BCUT2D eigenvalue weighted by atomic mass is 9.86. The SMILES string of the molecule is CC(C)(C)C(=O)NCc1ccc(C(=O)NC2CCCCCCC2C(=O)O)cc1. The van der Waals surface area contributed by atoms with E-state index in [1.807, 2.05) is 32.9 Å². The molecule has 1 aliphatic rings. The average Bonchev–Trinajstić information content (AvgIpc) is 2.61. The fourth-order valence-electron chi connectivity index (χ4n) is 3.43. The molecule has 3 N–H and O–H groups in total. The van der Waals surface area contributed by atoms with Crippen molar-refractivity contribution in [1.82, 2.24) is 10.6 Å². The highest BCUT2D eigenvalue weighted by molar-refractivity contribution is 5.94. The van der Waals surface area contributed by atoms with Crippen LogP contribution < -0.4 is 10.6 Å². The molecule has 1 aromatic rings. The number of hydrogen-bond donors (Lipinski definition) is 3. The second-order valence-corrected chi connectivity index (χ2v) is 8.65. The lowest BCUT2D eigenvalue weighted by Gasteiger charge is -2.27. The van der Waals surface area contributed by atoms with Gasteiger partial charge in [0.15, 0.2) is 0 Å². The van der Waals surface area contributed by atoms with E-state index in [1.165, 1.54) is 0 Å². The Morgan fingerprint density at radius 3 is 2.18 bits per heavy atom. The van der Waals surface area contributed by atoms with Crippen LogP contribution in [0.25, 0.3) is 0 Å². The number of aliphatic carboxylic acids is 1. The van der Waals surface area contributed by atoms with Gasteiger partial charge in [0.2, 0.25) is 5.91 Å². The van der Waals surface area contributed by atoms with Crippen LogP contribution in [0, 0.1) is 11.3 Å². The Balaban J connectivity index is 1.97. The standard InChI is InChI=1S/C22H32N2O4/c1-22(2,3)21(28)23-14-15-10-12-16(13-11-15)19(25)24-18-9-7-5-4-6-8-17(18)20(26)27/h10-13,17-18H,4-9,14H2,1-3H3,(H,23,28)(H,24,25)(H,26,27). The summed E-state index contributed by atoms with van der Waals surface area (Å²) in [5.74, 6) is -1.64. The first-order chi connectivity index (χ1) is 13.2. The number of nitrogens with one attached hydrogen (secondary N) is 2. The van der Waals surface area contributed by atoms with Gasteiger partial charge >= 0.3 is 5.97 Å². The molecule has 28 heavy (non-hydrogen) atoms. The van der Waals surface area contributed by atoms with Gasteiger partial charge in [-0.2, -0.15) is 0 Å². The third-order valence-electron chi connectivity index (χ3n) is 5.25. The summed E-state index contributed by atoms with van der Waals surface area (Å²) in [5, 5.41) is 15.3. The molecule has 154 valence electrons. The number of rotatable bonds is 5. The molecular weight excluding hydrogens is 356 g/mol. The molecule has 1 aromatic carbocycles. The second-order valence-electron chi connectivity index (χ2n) is 8.65. The zero-order chi connectivity index (χ0) is 20.7. The monoisotopic (exact) mass is 388 g/mol. The first kappa shape index (κ1) is 21.9. The summed E-state index contributed by atoms with van der Waals surface area (Å²) >= 11 is 0. The van der Waals surface area contributed by atoms with Crippen LogP contribution in [0.1, 0.15) is 75.2 Å². The van der Waals surface area contributed by atoms with E-state index >= 15 is 0 Å². The van der Waals surface area contributed by atoms with Crippen molar-refractivity contribution in [3.05, 3.63) is 35.4 Å². The highest BCUT2D eigenvalue weighted by atomic mass is 16.4. The van der Waals surface area contributed by atoms with Crippen molar-refractivity contribution in [3.63, 3.8) is 0 Å². The van der Waals surface area contributed by atoms with Crippen LogP contribution in [0.5, 0.6) is 0 Å². The summed E-state index contributed by atoms with van der Waals surface area (Å²) in [6.45, 7) is 5.97. The summed E-state index contributed by atoms with van der Waals surface area (Å²) in [4.78, 5) is 36.2. The van der Waals surface area contributed by atoms with Crippen LogP contribution in [0.3, 0.4) is 0 Å². The van der Waals surface area contributed by atoms with Gasteiger partial charge in [-0.05, 0) is 30.5 Å². The Bertz CT molecular complexity index is 691. The van der Waals surface area contributed by atoms with Gasteiger partial charge in [-0.25, -0.2) is 0 Å². The second kappa shape index (κ2) is 9.71. The van der Waals surface area contributed by atoms with E-state index in [9.17, 15) is 19.5 Å². The fraction of sp³-hybridized carbons (Fsp3) is 0.591. The van der Waals surface area contributed by atoms with Gasteiger partial charge in [-0.3, -0.25) is 14.4 Å². The van der Waals surface area contributed by atoms with Gasteiger partial charge in [0.05, 0.1) is 5.92 Å². The molecule has 1 aliphatic carbocycles. The van der Waals surface area contributed by atoms with Crippen LogP contribution in [-0.4, -0.2) is 28.9 Å². The Morgan fingerprint density at radius 1 is 1.00 bits per heavy atom. The van der Waals surface area contributed by atoms with Gasteiger partial charge in [0.25, 0.3) is 5.91 Å². The molecule has 2 unspecified atom stereocenters. The van der Waals surface area contributed by atoms with Gasteiger partial charge in [-0.1, -0.05) is 58.6 Å². The summed E-state index contributed by atoms with van der Waals surface area (Å²) in [6, 6.07) is 6.71. The minimum atomic E-state index is -0.836. The van der Waals surface area contributed by atoms with Crippen LogP contribution >= 0.6 is 0 Å². The summed E-state index contributed by atoms with van der Waals surface area (Å²) in [7, 11) is 0. The van der Waals surface area contributed by atoms with Crippen LogP contribution in [0.4, 0.5) is 0 Å². The molecule has 0 saturated heterocycles. The summed E-state index contributed by atoms with van der Waals surface area (Å²) in [5.41, 5.74) is 0.957. The van der Waals surface area contributed by atoms with E-state index in [2.05, 4.69) is 10.6 Å². The van der Waals surface area contributed by atoms with Gasteiger partial charge < -0.3 is 15.7 Å². The zero-order valence-electron chi connectivity index (χ0n) is 17.1. The predicted molar refractivity (Wildman–Crippen MR) is 108 cm³/mol. The van der Waals surface area contributed by atoms with E-state index in [0.717, 1.165) is 31.2 Å². The molecule has 2 rings (SSSR count). The lowest BCUT2D eigenvalue weighted by Crippen LogP contribution is -2.43. The van der Waals surface area contributed by atoms with Crippen LogP contribution in [0.15, 0.2) is 24.3 Å². The molecule has 0 spiro atoms. The van der Waals surface area contributed by atoms with Gasteiger partial charge in [0.1, 0.15) is 0 Å². The fourth-order valence-corrected chi connectivity index (χ4v) is 3.43. The Kier molecular flexibility index (Phi) is 7.61. The van der Waals surface area contributed by atoms with Crippen molar-refractivity contribution in [2.45, 2.75) is 71.9 Å². The van der Waals surface area contributed by atoms with E-state index in [-0.39, 0.29) is 17.9 Å². The highest BCUT2D eigenvalue weighted by Crippen LogP contribution is 2.23. The first-order valence-electron chi connectivity index (χ1n) is 10.1. The maximum Gasteiger partial charge on any atom is 0.308 e. The predicted octanol–water partition coefficient (Wildman–Crippen LogP) is 3.50. The van der Waals surface area contributed by atoms with Gasteiger partial charge in [-0.15, -0.1) is 0 Å². The molecule has 0 heterocycles. The Morgan fingerprint density at radius 2 is 1.61 bits per heavy atom. The smallest absolute Gasteiger partial charge is 0.308 e. The lowest BCUT2D eigenvalue weighted by molar-refractivity contribution is -0.143. The number of hydrogen-bond acceptors (Lipinski definition) is 3. The Labute approximate surface area is 167 Å². The number of carboxylic acid groups (broad SMARTS) is 1. The van der Waals surface area contributed by atoms with Crippen molar-refractivity contribution in [1.29, 1.82) is 0 Å². The molecule has 2 atom stereocenters. The molecule has 1 fully saturated rings. The van der Waals surface area contributed by atoms with Crippen molar-refractivity contribution in [2.24, 2.45) is 11.3 Å². The number of benzene rings is 1. The molecule has 0 aliphatic heterocycles. The van der Waals surface area contributed by atoms with E-state index in [1.54, 1.807) is 12.1 Å². The number of carbonyl (C=O) groups is 3. The van der Waals surface area contributed by atoms with Gasteiger partial charge in [0, 0.05) is 23.6 Å². The molecule has 0 aromatic heterocycles. The minimum Gasteiger partial charge on any atom is -0.481 e. The maximum absolute atomic E-state index is 12.6. The topological polar surface area (TPSA) is 95.5 Å². The maximum atomic E-state index is 12.6. The van der Waals surface area contributed by atoms with Crippen molar-refractivity contribution in [3.8, 4) is 0 Å². The van der Waals surface area contributed by atoms with E-state index in [0.29, 0.717) is 24.9 Å². The third kappa shape index (κ3) is 6.36. The van der Waals surface area contributed by atoms with Crippen LogP contribution in [-0.2, 0) is 16.1 Å². The van der Waals surface area contributed by atoms with Crippen molar-refractivity contribution >= 4 is 17.8 Å². The molecule has 0 bridgehead atoms. The van der Waals surface area contributed by atoms with Crippen molar-refractivity contribution in [2.75, 3.05) is 0 Å². The number of carboxylic acids is 1. The van der Waals surface area contributed by atoms with Crippen LogP contribution in [0.2, 0.25) is 0 Å². The number of amides is 2. The number of carbonyl (C=O) groups excluding carboxylic acids is 2. The van der Waals surface area contributed by atoms with Crippen molar-refractivity contribution < 1.29 is 19.5 Å².